The third kappa shape index (κ3) is 16.9. The molecule has 2 aliphatic heterocycles. The minimum atomic E-state index is -4.42. The number of unbranched alkanes of at least 4 members (excludes halogenated alkanes) is 1. The Balaban J connectivity index is 0.000000152. The number of aromatic nitrogens is 11. The number of hydrogen-bond acceptors (Lipinski definition) is 15. The third-order valence-electron chi connectivity index (χ3n) is 15.2. The van der Waals surface area contributed by atoms with E-state index in [0.29, 0.717) is 80.5 Å². The highest BCUT2D eigenvalue weighted by molar-refractivity contribution is 7.90. The van der Waals surface area contributed by atoms with E-state index in [-0.39, 0.29) is 30.1 Å². The first kappa shape index (κ1) is 65.9. The molecule has 20 nitrogen and oxygen atoms in total. The molecule has 5 aromatic carbocycles. The number of piperazine rings is 1. The number of ether oxygens (including phenoxy) is 4. The van der Waals surface area contributed by atoms with Crippen LogP contribution in [0.1, 0.15) is 60.6 Å². The zero-order valence-electron chi connectivity index (χ0n) is 49.8. The number of nitrogens with zero attached hydrogens (tertiary/aromatic N) is 11. The number of rotatable bonds is 20. The maximum Gasteiger partial charge on any atom is 0.422 e. The number of halogens is 6. The molecular weight excluding hydrogens is 1260 g/mol. The van der Waals surface area contributed by atoms with Crippen molar-refractivity contribution < 1.29 is 46.6 Å². The van der Waals surface area contributed by atoms with E-state index < -0.39 is 29.7 Å². The second-order valence-electron chi connectivity index (χ2n) is 21.4. The lowest BCUT2D eigenvalue weighted by atomic mass is 9.98. The Bertz CT molecular complexity index is 3960. The van der Waals surface area contributed by atoms with Gasteiger partial charge >= 0.3 is 11.3 Å². The van der Waals surface area contributed by atoms with Gasteiger partial charge in [0.25, 0.3) is 0 Å². The maximum absolute atomic E-state index is 12.5. The Morgan fingerprint density at radius 3 is 2.35 bits per heavy atom. The number of alkyl halides is 3. The van der Waals surface area contributed by atoms with Crippen molar-refractivity contribution in [3.05, 3.63) is 195 Å². The van der Waals surface area contributed by atoms with Crippen molar-refractivity contribution in [3.63, 3.8) is 0 Å². The number of nitrogens with one attached hydrogen (secondary N) is 2. The van der Waals surface area contributed by atoms with E-state index in [1.807, 2.05) is 87.0 Å². The van der Waals surface area contributed by atoms with Crippen LogP contribution in [-0.4, -0.2) is 133 Å². The Kier molecular flexibility index (Phi) is 22.0. The molecule has 0 saturated carbocycles. The summed E-state index contributed by atoms with van der Waals surface area (Å²) in [5.74, 6) is 1.44. The van der Waals surface area contributed by atoms with E-state index in [4.69, 9.17) is 53.8 Å². The summed E-state index contributed by atoms with van der Waals surface area (Å²) in [6.45, 7) is 8.63. The summed E-state index contributed by atoms with van der Waals surface area (Å²) in [6, 6.07) is 38.3. The van der Waals surface area contributed by atoms with Gasteiger partial charge in [0.1, 0.15) is 30.0 Å². The van der Waals surface area contributed by atoms with Crippen LogP contribution in [0.3, 0.4) is 0 Å². The zero-order chi connectivity index (χ0) is 64.1. The summed E-state index contributed by atoms with van der Waals surface area (Å²) in [7, 11) is 0. The van der Waals surface area contributed by atoms with Crippen LogP contribution in [0.2, 0.25) is 15.2 Å². The summed E-state index contributed by atoms with van der Waals surface area (Å²) in [5, 5.41) is 25.7. The van der Waals surface area contributed by atoms with Crippen LogP contribution >= 0.6 is 34.8 Å². The number of carbonyl (C=O) groups is 1. The average Bonchev–Trinajstić information content (AvgIpc) is 1.77. The predicted molar refractivity (Wildman–Crippen MR) is 340 cm³/mol. The van der Waals surface area contributed by atoms with Gasteiger partial charge in [-0.25, -0.2) is 15.1 Å². The van der Waals surface area contributed by atoms with Crippen LogP contribution < -0.4 is 14.4 Å². The van der Waals surface area contributed by atoms with Crippen LogP contribution in [0.25, 0.3) is 33.5 Å². The molecule has 5 aromatic heterocycles. The van der Waals surface area contributed by atoms with Crippen LogP contribution in [0.15, 0.2) is 151 Å². The van der Waals surface area contributed by atoms with E-state index in [0.717, 1.165) is 90.5 Å². The molecule has 3 atom stereocenters. The molecule has 27 heteroatoms. The lowest BCUT2D eigenvalue weighted by molar-refractivity contribution is -0.189. The summed E-state index contributed by atoms with van der Waals surface area (Å²) in [6.07, 6.45) is 4.84. The number of H-pyrrole nitrogens is 2. The summed E-state index contributed by atoms with van der Waals surface area (Å²) >= 11 is 17.4. The van der Waals surface area contributed by atoms with E-state index >= 15 is 0 Å². The minimum Gasteiger partial charge on any atom is -0.609 e. The van der Waals surface area contributed by atoms with Gasteiger partial charge in [0.2, 0.25) is 11.7 Å². The van der Waals surface area contributed by atoms with Gasteiger partial charge in [-0.3, -0.25) is 14.8 Å². The van der Waals surface area contributed by atoms with Crippen molar-refractivity contribution in [1.29, 1.82) is 0 Å². The van der Waals surface area contributed by atoms with Crippen LogP contribution in [-0.2, 0) is 63.1 Å². The maximum atomic E-state index is 12.5. The number of aliphatic hydroxyl groups is 1. The van der Waals surface area contributed by atoms with Crippen LogP contribution in [0.5, 0.6) is 11.5 Å². The molecule has 0 bridgehead atoms. The van der Waals surface area contributed by atoms with Crippen molar-refractivity contribution in [1.82, 2.24) is 59.6 Å². The SMILES string of the molecule is CC(=O)N1CCN(c2ccc(OC[C@H]3CO[C@](Cn4ccnc4)(c4ccc(Cl)cc4Cl)O3)cc2)CC1.CCCCc1nc(Cl)c(CO)n1Cc1ccc(-c2ccccc2-c2nnn[nH]2)cc1.Cc1c(OCC(F)(F)F)ccnc1C[S+]([O-])c1nc2ccccc2[nH]1. The molecule has 0 aliphatic carbocycles. The number of tetrazole rings is 1. The minimum absolute atomic E-state index is 0.0227. The van der Waals surface area contributed by atoms with Crippen molar-refractivity contribution in [2.75, 3.05) is 50.9 Å². The van der Waals surface area contributed by atoms with Crippen molar-refractivity contribution >= 4 is 68.6 Å². The standard InChI is InChI=1S/C26H28Cl2N4O4.C22H23ClN6O.C16H14F3N3O2S/c1-19(33)31-10-12-32(13-11-31)21-3-5-22(6-4-21)34-15-23-16-35-26(36-23,17-30-9-8-29-18-30)24-7-2-20(27)14-25(24)28;1-2-3-8-20-24-21(23)19(14-30)29(20)13-15-9-11-16(12-10-15)17-6-4-5-7-18(17)22-25-27-28-26-22;1-10-13(20-7-6-14(10)24-9-16(17,18)19)8-25(23)15-21-11-4-2-3-5-12(11)22-15/h2-9,14,18,23H,10-13,15-17H2,1H3;4-7,9-12,30H,2-3,8,13-14H2,1H3,(H,25,26,27,28);2-7H,8-9H2,1H3,(H,21,22)/t23-,26-;;/m0../s1. The number of benzene rings is 5. The lowest BCUT2D eigenvalue weighted by Crippen LogP contribution is -2.48. The molecule has 476 valence electrons. The second-order valence-corrected chi connectivity index (χ2v) is 24.0. The molecule has 2 aliphatic rings. The van der Waals surface area contributed by atoms with Gasteiger partial charge in [0, 0.05) is 103 Å². The Labute approximate surface area is 540 Å². The van der Waals surface area contributed by atoms with Gasteiger partial charge in [-0.05, 0) is 95.1 Å². The van der Waals surface area contributed by atoms with Crippen LogP contribution in [0.4, 0.5) is 18.9 Å². The number of para-hydroxylation sites is 2. The number of pyridine rings is 1. The number of hydrogen-bond donors (Lipinski definition) is 3. The Hall–Kier alpha value is -8.07. The summed E-state index contributed by atoms with van der Waals surface area (Å²) in [4.78, 5) is 35.6. The van der Waals surface area contributed by atoms with Gasteiger partial charge in [-0.15, -0.1) is 5.10 Å². The number of carbonyl (C=O) groups excluding carboxylic acids is 1. The summed E-state index contributed by atoms with van der Waals surface area (Å²) < 4.78 is 76.9. The molecule has 2 saturated heterocycles. The van der Waals surface area contributed by atoms with Gasteiger partial charge in [0.15, 0.2) is 23.3 Å². The number of imidazole rings is 3. The fourth-order valence-corrected chi connectivity index (χ4v) is 12.3. The zero-order valence-corrected chi connectivity index (χ0v) is 52.9. The third-order valence-corrected chi connectivity index (χ3v) is 17.2. The number of amides is 1. The molecule has 2 fully saturated rings. The first-order valence-electron chi connectivity index (χ1n) is 29.2. The van der Waals surface area contributed by atoms with E-state index in [2.05, 4.69) is 87.7 Å². The highest BCUT2D eigenvalue weighted by atomic mass is 35.5. The molecule has 7 heterocycles. The first-order chi connectivity index (χ1) is 44.0. The van der Waals surface area contributed by atoms with Gasteiger partial charge in [-0.1, -0.05) is 115 Å². The molecule has 1 amide bonds. The summed E-state index contributed by atoms with van der Waals surface area (Å²) in [5.41, 5.74) is 8.94. The fourth-order valence-electron chi connectivity index (χ4n) is 10.4. The lowest BCUT2D eigenvalue weighted by Gasteiger charge is -2.35. The largest absolute Gasteiger partial charge is 0.609 e. The number of aryl methyl sites for hydroxylation is 1. The number of aliphatic hydroxyl groups excluding tert-OH is 1. The molecule has 3 N–H and O–H groups in total. The van der Waals surface area contributed by atoms with E-state index in [1.165, 1.54) is 12.3 Å². The quantitative estimate of drug-likeness (QED) is 0.0602. The molecule has 1 unspecified atom stereocenters. The monoisotopic (exact) mass is 1320 g/mol. The van der Waals surface area contributed by atoms with Gasteiger partial charge < -0.3 is 47.5 Å². The van der Waals surface area contributed by atoms with E-state index in [9.17, 15) is 27.6 Å². The highest BCUT2D eigenvalue weighted by Crippen LogP contribution is 2.41. The topological polar surface area (TPSA) is 235 Å². The predicted octanol–water partition coefficient (Wildman–Crippen LogP) is 12.0. The number of aromatic amines is 2. The highest BCUT2D eigenvalue weighted by Gasteiger charge is 2.45. The molecule has 0 spiro atoms. The Morgan fingerprint density at radius 1 is 0.912 bits per heavy atom. The van der Waals surface area contributed by atoms with Crippen molar-refractivity contribution in [2.45, 2.75) is 88.7 Å². The molecule has 91 heavy (non-hydrogen) atoms. The molecular formula is C64H65Cl3F3N13O7S. The fraction of sp³-hybridized carbons (Fsp3) is 0.312. The van der Waals surface area contributed by atoms with Crippen molar-refractivity contribution in [2.24, 2.45) is 0 Å². The van der Waals surface area contributed by atoms with Crippen molar-refractivity contribution in [3.8, 4) is 34.0 Å². The first-order valence-corrected chi connectivity index (χ1v) is 31.6. The smallest absolute Gasteiger partial charge is 0.422 e. The average molecular weight is 1320 g/mol. The molecule has 0 radical (unpaired) electrons. The molecule has 12 rings (SSSR count). The van der Waals surface area contributed by atoms with Gasteiger partial charge in [0.05, 0.1) is 53.5 Å². The normalized spacial score (nSPS) is 16.1. The second kappa shape index (κ2) is 30.4. The van der Waals surface area contributed by atoms with E-state index in [1.54, 1.807) is 44.6 Å². The number of anilines is 1. The van der Waals surface area contributed by atoms with Gasteiger partial charge in [-0.2, -0.15) is 18.2 Å². The van der Waals surface area contributed by atoms with Crippen LogP contribution in [0, 0.1) is 6.92 Å². The number of fused-ring (bicyclic) bond motifs is 1. The molecule has 10 aromatic rings. The Morgan fingerprint density at radius 2 is 1.67 bits per heavy atom.